The molecule has 0 spiro atoms. The monoisotopic (exact) mass is 395 g/mol. The van der Waals surface area contributed by atoms with Crippen molar-refractivity contribution >= 4 is 44.3 Å². The Hall–Kier alpha value is -2.62. The van der Waals surface area contributed by atoms with E-state index in [9.17, 15) is 0 Å². The van der Waals surface area contributed by atoms with Crippen LogP contribution in [0.2, 0.25) is 0 Å². The van der Waals surface area contributed by atoms with Crippen LogP contribution in [0.1, 0.15) is 19.5 Å². The minimum atomic E-state index is -0.116. The second-order valence-corrected chi connectivity index (χ2v) is 8.42. The Labute approximate surface area is 166 Å². The maximum atomic E-state index is 5.80. The number of ether oxygens (including phenoxy) is 1. The quantitative estimate of drug-likeness (QED) is 0.548. The molecule has 5 rings (SSSR count). The molecule has 4 aromatic rings. The van der Waals surface area contributed by atoms with Crippen LogP contribution in [-0.2, 0) is 11.3 Å². The van der Waals surface area contributed by atoms with E-state index in [0.717, 1.165) is 58.9 Å². The molecule has 28 heavy (non-hydrogen) atoms. The Kier molecular flexibility index (Phi) is 4.22. The van der Waals surface area contributed by atoms with Gasteiger partial charge in [-0.15, -0.1) is 0 Å². The molecule has 1 aliphatic rings. The molecule has 4 aromatic heterocycles. The average Bonchev–Trinajstić information content (AvgIpc) is 3.26. The summed E-state index contributed by atoms with van der Waals surface area (Å²) in [5.41, 5.74) is 4.44. The first-order valence-corrected chi connectivity index (χ1v) is 10.0. The Morgan fingerprint density at radius 2 is 2.25 bits per heavy atom. The van der Waals surface area contributed by atoms with Crippen molar-refractivity contribution in [3.63, 3.8) is 0 Å². The van der Waals surface area contributed by atoms with Crippen LogP contribution in [0.3, 0.4) is 0 Å². The van der Waals surface area contributed by atoms with Gasteiger partial charge in [-0.1, -0.05) is 0 Å². The molecule has 0 atom stereocenters. The Balaban J connectivity index is 1.37. The van der Waals surface area contributed by atoms with Crippen LogP contribution in [-0.4, -0.2) is 54.7 Å². The third-order valence-corrected chi connectivity index (χ3v) is 5.66. The summed E-state index contributed by atoms with van der Waals surface area (Å²) in [5.74, 6) is 0.692. The van der Waals surface area contributed by atoms with E-state index in [1.165, 1.54) is 11.5 Å². The largest absolute Gasteiger partial charge is 0.373 e. The number of rotatable bonds is 4. The molecule has 9 heteroatoms. The van der Waals surface area contributed by atoms with Gasteiger partial charge >= 0.3 is 0 Å². The van der Waals surface area contributed by atoms with Gasteiger partial charge in [-0.25, -0.2) is 0 Å². The predicted octanol–water partition coefficient (Wildman–Crippen LogP) is 3.32. The fourth-order valence-electron chi connectivity index (χ4n) is 3.59. The van der Waals surface area contributed by atoms with Crippen molar-refractivity contribution in [1.82, 2.24) is 29.4 Å². The minimum absolute atomic E-state index is 0.116. The van der Waals surface area contributed by atoms with Gasteiger partial charge in [0.2, 0.25) is 0 Å². The molecule has 8 nitrogen and oxygen atoms in total. The first kappa shape index (κ1) is 17.5. The summed E-state index contributed by atoms with van der Waals surface area (Å²) < 4.78 is 11.5. The predicted molar refractivity (Wildman–Crippen MR) is 110 cm³/mol. The smallest absolute Gasteiger partial charge is 0.178 e. The molecule has 0 saturated carbocycles. The number of morpholine rings is 1. The van der Waals surface area contributed by atoms with E-state index >= 15 is 0 Å². The van der Waals surface area contributed by atoms with Crippen molar-refractivity contribution < 1.29 is 4.74 Å². The molecular weight excluding hydrogens is 374 g/mol. The first-order valence-electron chi connectivity index (χ1n) is 9.24. The zero-order valence-electron chi connectivity index (χ0n) is 15.8. The van der Waals surface area contributed by atoms with Crippen LogP contribution in [0.4, 0.5) is 11.5 Å². The van der Waals surface area contributed by atoms with Crippen molar-refractivity contribution in [3.05, 3.63) is 36.3 Å². The van der Waals surface area contributed by atoms with Crippen molar-refractivity contribution in [2.45, 2.75) is 26.0 Å². The van der Waals surface area contributed by atoms with Crippen molar-refractivity contribution in [1.29, 1.82) is 0 Å². The molecule has 0 bridgehead atoms. The summed E-state index contributed by atoms with van der Waals surface area (Å²) in [7, 11) is 0. The van der Waals surface area contributed by atoms with Gasteiger partial charge in [0, 0.05) is 25.8 Å². The van der Waals surface area contributed by atoms with Crippen LogP contribution >= 0.6 is 11.5 Å². The van der Waals surface area contributed by atoms with Gasteiger partial charge in [-0.2, -0.15) is 9.47 Å². The number of H-pyrrole nitrogens is 1. The summed E-state index contributed by atoms with van der Waals surface area (Å²) >= 11 is 1.48. The third-order valence-electron chi connectivity index (χ3n) is 4.84. The maximum Gasteiger partial charge on any atom is 0.178 e. The zero-order valence-corrected chi connectivity index (χ0v) is 16.6. The Morgan fingerprint density at radius 3 is 3.14 bits per heavy atom. The molecular formula is C19H21N7OS. The van der Waals surface area contributed by atoms with Crippen molar-refractivity contribution in [3.8, 4) is 0 Å². The molecule has 0 aliphatic carbocycles. The number of aromatic amines is 1. The number of fused-ring (bicyclic) bond motifs is 2. The standard InChI is InChI=1S/C19H21N7OS/c1-19(2)11-26(6-7-27-19)10-14-16-15(28-25-14)8-12(9-21-16)22-18-17-13(23-24-18)4-3-5-20-17/h3-5,8-9H,6-7,10-11H2,1-2H3,(H2,22,23,24). The van der Waals surface area contributed by atoms with Gasteiger partial charge in [0.15, 0.2) is 5.82 Å². The Morgan fingerprint density at radius 1 is 1.32 bits per heavy atom. The number of aromatic nitrogens is 5. The third kappa shape index (κ3) is 3.32. The highest BCUT2D eigenvalue weighted by atomic mass is 32.1. The second kappa shape index (κ2) is 6.77. The van der Waals surface area contributed by atoms with Crippen LogP contribution in [0.15, 0.2) is 30.6 Å². The number of hydrogen-bond acceptors (Lipinski definition) is 8. The molecule has 0 aromatic carbocycles. The van der Waals surface area contributed by atoms with Crippen LogP contribution in [0.5, 0.6) is 0 Å². The van der Waals surface area contributed by atoms with E-state index in [1.807, 2.05) is 18.3 Å². The maximum absolute atomic E-state index is 5.80. The van der Waals surface area contributed by atoms with Crippen molar-refractivity contribution in [2.75, 3.05) is 25.0 Å². The second-order valence-electron chi connectivity index (χ2n) is 7.62. The summed E-state index contributed by atoms with van der Waals surface area (Å²) in [6.07, 6.45) is 3.58. The number of nitrogens with zero attached hydrogens (tertiary/aromatic N) is 5. The SMILES string of the molecule is CC1(C)CN(Cc2nsc3cc(Nc4n[nH]c5cccnc45)cnc23)CCO1. The summed E-state index contributed by atoms with van der Waals surface area (Å²) in [6.45, 7) is 7.61. The molecule has 1 aliphatic heterocycles. The average molecular weight is 395 g/mol. The highest BCUT2D eigenvalue weighted by Crippen LogP contribution is 2.28. The minimum Gasteiger partial charge on any atom is -0.373 e. The van der Waals surface area contributed by atoms with E-state index in [1.54, 1.807) is 6.20 Å². The van der Waals surface area contributed by atoms with Crippen molar-refractivity contribution in [2.24, 2.45) is 0 Å². The fourth-order valence-corrected chi connectivity index (χ4v) is 4.38. The number of nitrogens with one attached hydrogen (secondary N) is 2. The van der Waals surface area contributed by atoms with E-state index in [2.05, 4.69) is 54.7 Å². The van der Waals surface area contributed by atoms with E-state index < -0.39 is 0 Å². The van der Waals surface area contributed by atoms with Gasteiger partial charge in [-0.3, -0.25) is 20.0 Å². The lowest BCUT2D eigenvalue weighted by Gasteiger charge is -2.37. The fraction of sp³-hybridized carbons (Fsp3) is 0.368. The molecule has 0 radical (unpaired) electrons. The van der Waals surface area contributed by atoms with Gasteiger partial charge in [0.25, 0.3) is 0 Å². The molecule has 0 unspecified atom stereocenters. The topological polar surface area (TPSA) is 91.9 Å². The molecule has 5 heterocycles. The lowest BCUT2D eigenvalue weighted by atomic mass is 10.1. The molecule has 144 valence electrons. The van der Waals surface area contributed by atoms with E-state index in [0.29, 0.717) is 5.82 Å². The molecule has 2 N–H and O–H groups in total. The highest BCUT2D eigenvalue weighted by molar-refractivity contribution is 7.13. The molecule has 0 amide bonds. The van der Waals surface area contributed by atoms with Gasteiger partial charge in [0.1, 0.15) is 11.0 Å². The van der Waals surface area contributed by atoms with Crippen LogP contribution in [0, 0.1) is 0 Å². The van der Waals surface area contributed by atoms with E-state index in [4.69, 9.17) is 4.74 Å². The summed E-state index contributed by atoms with van der Waals surface area (Å²) in [5, 5.41) is 10.6. The lowest BCUT2D eigenvalue weighted by Crippen LogP contribution is -2.47. The van der Waals surface area contributed by atoms with Crippen LogP contribution < -0.4 is 5.32 Å². The lowest BCUT2D eigenvalue weighted by molar-refractivity contribution is -0.0883. The van der Waals surface area contributed by atoms with Gasteiger partial charge < -0.3 is 10.1 Å². The number of hydrogen-bond donors (Lipinski definition) is 2. The zero-order chi connectivity index (χ0) is 19.1. The van der Waals surface area contributed by atoms with Gasteiger partial charge in [0.05, 0.1) is 40.0 Å². The first-order chi connectivity index (χ1) is 13.6. The normalized spacial score (nSPS) is 17.4. The Bertz CT molecular complexity index is 1140. The number of pyridine rings is 2. The number of anilines is 2. The summed E-state index contributed by atoms with van der Waals surface area (Å²) in [4.78, 5) is 11.4. The highest BCUT2D eigenvalue weighted by Gasteiger charge is 2.28. The van der Waals surface area contributed by atoms with Gasteiger partial charge in [-0.05, 0) is 43.6 Å². The molecule has 1 fully saturated rings. The van der Waals surface area contributed by atoms with E-state index in [-0.39, 0.29) is 5.60 Å². The molecule has 1 saturated heterocycles. The van der Waals surface area contributed by atoms with Crippen LogP contribution in [0.25, 0.3) is 21.3 Å². The summed E-state index contributed by atoms with van der Waals surface area (Å²) in [6, 6.07) is 5.90.